The SMILES string of the molecule is O=C(Nc1cccc(N2CCCC2=O)c1)c1occc1CSc1ccccc1. The standard InChI is InChI=1S/C22H20N2O3S/c25-20-10-5-12-24(20)18-7-4-6-17(14-18)23-22(26)21-16(11-13-27-21)15-28-19-8-2-1-3-9-19/h1-4,6-9,11,13-14H,5,10,12,15H2,(H,23,26). The molecule has 2 heterocycles. The molecule has 0 radical (unpaired) electrons. The fraction of sp³-hybridized carbons (Fsp3) is 0.182. The van der Waals surface area contributed by atoms with Gasteiger partial charge < -0.3 is 14.6 Å². The molecule has 1 saturated heterocycles. The van der Waals surface area contributed by atoms with Crippen molar-refractivity contribution in [2.45, 2.75) is 23.5 Å². The number of benzene rings is 2. The van der Waals surface area contributed by atoms with Crippen LogP contribution in [0.15, 0.2) is 76.2 Å². The summed E-state index contributed by atoms with van der Waals surface area (Å²) in [7, 11) is 0. The van der Waals surface area contributed by atoms with Crippen LogP contribution in [0.4, 0.5) is 11.4 Å². The first-order valence-electron chi connectivity index (χ1n) is 9.17. The topological polar surface area (TPSA) is 62.6 Å². The van der Waals surface area contributed by atoms with E-state index in [1.807, 2.05) is 60.7 Å². The third kappa shape index (κ3) is 4.12. The lowest BCUT2D eigenvalue weighted by Crippen LogP contribution is -2.23. The van der Waals surface area contributed by atoms with Gasteiger partial charge in [-0.05, 0) is 42.8 Å². The predicted molar refractivity (Wildman–Crippen MR) is 111 cm³/mol. The molecule has 0 bridgehead atoms. The van der Waals surface area contributed by atoms with Gasteiger partial charge in [-0.15, -0.1) is 11.8 Å². The van der Waals surface area contributed by atoms with Gasteiger partial charge in [-0.2, -0.15) is 0 Å². The van der Waals surface area contributed by atoms with E-state index in [0.29, 0.717) is 23.6 Å². The average molecular weight is 392 g/mol. The Balaban J connectivity index is 1.44. The van der Waals surface area contributed by atoms with Crippen LogP contribution in [0.1, 0.15) is 29.0 Å². The third-order valence-corrected chi connectivity index (χ3v) is 5.64. The molecule has 1 fully saturated rings. The fourth-order valence-corrected chi connectivity index (χ4v) is 4.09. The summed E-state index contributed by atoms with van der Waals surface area (Å²) in [4.78, 5) is 27.6. The van der Waals surface area contributed by atoms with Crippen LogP contribution in [0.3, 0.4) is 0 Å². The number of thioether (sulfide) groups is 1. The molecule has 0 spiro atoms. The van der Waals surface area contributed by atoms with Crippen molar-refractivity contribution in [2.75, 3.05) is 16.8 Å². The van der Waals surface area contributed by atoms with Crippen LogP contribution >= 0.6 is 11.8 Å². The molecule has 0 aliphatic carbocycles. The molecule has 0 saturated carbocycles. The Morgan fingerprint density at radius 2 is 1.96 bits per heavy atom. The summed E-state index contributed by atoms with van der Waals surface area (Å²) in [6.45, 7) is 0.718. The minimum atomic E-state index is -0.293. The van der Waals surface area contributed by atoms with E-state index in [0.717, 1.165) is 29.1 Å². The largest absolute Gasteiger partial charge is 0.459 e. The van der Waals surface area contributed by atoms with Crippen molar-refractivity contribution in [3.63, 3.8) is 0 Å². The highest BCUT2D eigenvalue weighted by molar-refractivity contribution is 7.98. The molecule has 2 amide bonds. The van der Waals surface area contributed by atoms with Crippen LogP contribution in [0, 0.1) is 0 Å². The van der Waals surface area contributed by atoms with E-state index >= 15 is 0 Å². The average Bonchev–Trinajstić information content (AvgIpc) is 3.36. The first-order valence-corrected chi connectivity index (χ1v) is 10.2. The highest BCUT2D eigenvalue weighted by Crippen LogP contribution is 2.27. The van der Waals surface area contributed by atoms with E-state index in [1.54, 1.807) is 16.7 Å². The Morgan fingerprint density at radius 1 is 1.11 bits per heavy atom. The van der Waals surface area contributed by atoms with Gasteiger partial charge in [0.15, 0.2) is 5.76 Å². The van der Waals surface area contributed by atoms with Crippen molar-refractivity contribution in [3.05, 3.63) is 78.3 Å². The van der Waals surface area contributed by atoms with Crippen molar-refractivity contribution in [2.24, 2.45) is 0 Å². The maximum absolute atomic E-state index is 12.7. The minimum absolute atomic E-state index is 0.120. The normalized spacial score (nSPS) is 13.7. The smallest absolute Gasteiger partial charge is 0.291 e. The summed E-state index contributed by atoms with van der Waals surface area (Å²) in [5, 5.41) is 2.88. The van der Waals surface area contributed by atoms with E-state index in [9.17, 15) is 9.59 Å². The van der Waals surface area contributed by atoms with Gasteiger partial charge in [-0.25, -0.2) is 0 Å². The van der Waals surface area contributed by atoms with E-state index in [1.165, 1.54) is 6.26 Å². The van der Waals surface area contributed by atoms with Gasteiger partial charge in [0.1, 0.15) is 0 Å². The van der Waals surface area contributed by atoms with E-state index in [2.05, 4.69) is 5.32 Å². The van der Waals surface area contributed by atoms with Gasteiger partial charge in [0.05, 0.1) is 6.26 Å². The van der Waals surface area contributed by atoms with Crippen molar-refractivity contribution >= 4 is 35.0 Å². The number of hydrogen-bond donors (Lipinski definition) is 1. The molecule has 28 heavy (non-hydrogen) atoms. The first-order chi connectivity index (χ1) is 13.7. The van der Waals surface area contributed by atoms with E-state index in [4.69, 9.17) is 4.42 Å². The van der Waals surface area contributed by atoms with Gasteiger partial charge in [0, 0.05) is 40.6 Å². The van der Waals surface area contributed by atoms with Crippen molar-refractivity contribution < 1.29 is 14.0 Å². The second-order valence-electron chi connectivity index (χ2n) is 6.53. The quantitative estimate of drug-likeness (QED) is 0.603. The number of furan rings is 1. The highest BCUT2D eigenvalue weighted by Gasteiger charge is 2.22. The summed E-state index contributed by atoms with van der Waals surface area (Å²) in [5.41, 5.74) is 2.29. The van der Waals surface area contributed by atoms with Crippen LogP contribution in [-0.4, -0.2) is 18.4 Å². The number of carbonyl (C=O) groups excluding carboxylic acids is 2. The molecule has 0 atom stereocenters. The molecule has 1 aliphatic heterocycles. The Labute approximate surface area is 167 Å². The third-order valence-electron chi connectivity index (χ3n) is 4.58. The summed E-state index contributed by atoms with van der Waals surface area (Å²) in [6.07, 6.45) is 2.98. The predicted octanol–water partition coefficient (Wildman–Crippen LogP) is 4.95. The molecular weight excluding hydrogens is 372 g/mol. The molecule has 3 aromatic rings. The maximum atomic E-state index is 12.7. The number of hydrogen-bond acceptors (Lipinski definition) is 4. The lowest BCUT2D eigenvalue weighted by molar-refractivity contribution is -0.117. The van der Waals surface area contributed by atoms with Crippen LogP contribution in [0.25, 0.3) is 0 Å². The fourth-order valence-electron chi connectivity index (χ4n) is 3.19. The number of anilines is 2. The molecule has 1 N–H and O–H groups in total. The summed E-state index contributed by atoms with van der Waals surface area (Å²) in [6, 6.07) is 19.2. The van der Waals surface area contributed by atoms with Gasteiger partial charge in [-0.1, -0.05) is 24.3 Å². The molecule has 1 aromatic heterocycles. The number of nitrogens with zero attached hydrogens (tertiary/aromatic N) is 1. The minimum Gasteiger partial charge on any atom is -0.459 e. The molecule has 4 rings (SSSR count). The summed E-state index contributed by atoms with van der Waals surface area (Å²) < 4.78 is 5.44. The zero-order chi connectivity index (χ0) is 19.3. The van der Waals surface area contributed by atoms with Crippen molar-refractivity contribution in [1.29, 1.82) is 0 Å². The maximum Gasteiger partial charge on any atom is 0.291 e. The lowest BCUT2D eigenvalue weighted by atomic mass is 10.2. The van der Waals surface area contributed by atoms with E-state index < -0.39 is 0 Å². The summed E-state index contributed by atoms with van der Waals surface area (Å²) >= 11 is 1.65. The van der Waals surface area contributed by atoms with Crippen molar-refractivity contribution in [1.82, 2.24) is 0 Å². The van der Waals surface area contributed by atoms with Crippen LogP contribution in [-0.2, 0) is 10.5 Å². The van der Waals surface area contributed by atoms with Crippen LogP contribution in [0.2, 0.25) is 0 Å². The zero-order valence-corrected chi connectivity index (χ0v) is 16.1. The van der Waals surface area contributed by atoms with Crippen LogP contribution in [0.5, 0.6) is 0 Å². The monoisotopic (exact) mass is 392 g/mol. The Morgan fingerprint density at radius 3 is 2.75 bits per heavy atom. The molecule has 5 nitrogen and oxygen atoms in total. The molecule has 6 heteroatoms. The molecule has 0 unspecified atom stereocenters. The molecule has 142 valence electrons. The summed E-state index contributed by atoms with van der Waals surface area (Å²) in [5.74, 6) is 0.783. The molecule has 2 aromatic carbocycles. The second kappa shape index (κ2) is 8.35. The van der Waals surface area contributed by atoms with Gasteiger partial charge in [-0.3, -0.25) is 9.59 Å². The van der Waals surface area contributed by atoms with Crippen molar-refractivity contribution in [3.8, 4) is 0 Å². The molecule has 1 aliphatic rings. The van der Waals surface area contributed by atoms with Crippen LogP contribution < -0.4 is 10.2 Å². The zero-order valence-electron chi connectivity index (χ0n) is 15.3. The second-order valence-corrected chi connectivity index (χ2v) is 7.58. The number of amides is 2. The first kappa shape index (κ1) is 18.4. The highest BCUT2D eigenvalue weighted by atomic mass is 32.2. The van der Waals surface area contributed by atoms with Gasteiger partial charge in [0.2, 0.25) is 5.91 Å². The number of carbonyl (C=O) groups is 2. The van der Waals surface area contributed by atoms with Gasteiger partial charge in [0.25, 0.3) is 5.91 Å². The number of rotatable bonds is 6. The molecular formula is C22H20N2O3S. The Kier molecular flexibility index (Phi) is 5.48. The number of nitrogens with one attached hydrogen (secondary N) is 1. The Hall–Kier alpha value is -2.99. The van der Waals surface area contributed by atoms with E-state index in [-0.39, 0.29) is 11.8 Å². The Bertz CT molecular complexity index is 984. The van der Waals surface area contributed by atoms with Gasteiger partial charge >= 0.3 is 0 Å². The lowest BCUT2D eigenvalue weighted by Gasteiger charge is -2.16.